The first kappa shape index (κ1) is 35.1. The van der Waals surface area contributed by atoms with Crippen molar-refractivity contribution < 1.29 is 18.1 Å². The lowest BCUT2D eigenvalue weighted by Gasteiger charge is -2.28. The van der Waals surface area contributed by atoms with Crippen LogP contribution in [0.4, 0.5) is 0 Å². The van der Waals surface area contributed by atoms with E-state index < -0.39 is 28.2 Å². The third-order valence-electron chi connectivity index (χ3n) is 8.12. The predicted octanol–water partition coefficient (Wildman–Crippen LogP) is 8.38. The molecule has 0 saturated carbocycles. The molecule has 0 amide bonds. The summed E-state index contributed by atoms with van der Waals surface area (Å²) in [4.78, 5) is -0.292. The summed E-state index contributed by atoms with van der Waals surface area (Å²) in [5, 5.41) is 14.7. The normalized spacial score (nSPS) is 12.3. The number of phenolic OH excluding ortho intramolecular Hbond substituents is 1. The first-order valence-electron chi connectivity index (χ1n) is 15.5. The number of aryl methyl sites for hydroxylation is 1. The second-order valence-corrected chi connectivity index (χ2v) is 18.6. The van der Waals surface area contributed by atoms with Crippen molar-refractivity contribution in [3.05, 3.63) is 150 Å². The zero-order chi connectivity index (χ0) is 33.8. The van der Waals surface area contributed by atoms with E-state index >= 15 is 0 Å². The zero-order valence-electron chi connectivity index (χ0n) is 27.9. The van der Waals surface area contributed by atoms with Crippen LogP contribution in [0.1, 0.15) is 63.8 Å². The zero-order valence-corrected chi connectivity index (χ0v) is 29.6. The SMILES string of the molecule is CC(C)(C)c1cc(S(=O)(=O)[O-])cc(C(C)(C)C)c1O.Cc1ccc(C[P+](c2ccccc2)(c2ccccc2)c2ccccc2)cc1. The van der Waals surface area contributed by atoms with E-state index in [0.29, 0.717) is 11.1 Å². The Morgan fingerprint density at radius 1 is 0.609 bits per heavy atom. The van der Waals surface area contributed by atoms with Crippen molar-refractivity contribution in [1.29, 1.82) is 0 Å². The summed E-state index contributed by atoms with van der Waals surface area (Å²) in [6.07, 6.45) is 1.03. The Bertz CT molecular complexity index is 1710. The highest BCUT2D eigenvalue weighted by Gasteiger charge is 2.45. The van der Waals surface area contributed by atoms with Crippen LogP contribution in [0.25, 0.3) is 0 Å². The van der Waals surface area contributed by atoms with Crippen LogP contribution in [-0.4, -0.2) is 18.1 Å². The molecular weight excluding hydrogens is 607 g/mol. The van der Waals surface area contributed by atoms with Crippen molar-refractivity contribution in [2.24, 2.45) is 0 Å². The molecule has 0 aliphatic heterocycles. The molecule has 0 saturated heterocycles. The summed E-state index contributed by atoms with van der Waals surface area (Å²) in [5.41, 5.74) is 2.73. The molecule has 0 atom stereocenters. The Morgan fingerprint density at radius 2 is 0.957 bits per heavy atom. The number of benzene rings is 5. The molecule has 5 aromatic rings. The fourth-order valence-corrected chi connectivity index (χ4v) is 10.4. The lowest BCUT2D eigenvalue weighted by Crippen LogP contribution is -2.32. The molecule has 0 aliphatic rings. The van der Waals surface area contributed by atoms with E-state index in [2.05, 4.69) is 122 Å². The Balaban J connectivity index is 0.000000224. The third-order valence-corrected chi connectivity index (χ3v) is 13.3. The lowest BCUT2D eigenvalue weighted by molar-refractivity contribution is 0.420. The lowest BCUT2D eigenvalue weighted by atomic mass is 9.79. The minimum atomic E-state index is -4.55. The van der Waals surface area contributed by atoms with Crippen LogP contribution in [0, 0.1) is 6.92 Å². The summed E-state index contributed by atoms with van der Waals surface area (Å²) in [5.74, 6) is 0.0624. The van der Waals surface area contributed by atoms with Crippen LogP contribution < -0.4 is 15.9 Å². The quantitative estimate of drug-likeness (QED) is 0.148. The fourth-order valence-electron chi connectivity index (χ4n) is 5.63. The van der Waals surface area contributed by atoms with Crippen LogP contribution in [-0.2, 0) is 27.1 Å². The molecule has 0 bridgehead atoms. The van der Waals surface area contributed by atoms with Gasteiger partial charge in [0, 0.05) is 11.1 Å². The molecule has 6 heteroatoms. The number of rotatable bonds is 6. The van der Waals surface area contributed by atoms with Gasteiger partial charge in [-0.2, -0.15) is 0 Å². The van der Waals surface area contributed by atoms with Gasteiger partial charge in [-0.3, -0.25) is 0 Å². The number of hydrogen-bond acceptors (Lipinski definition) is 4. The molecular formula is C40H45O4PS. The predicted molar refractivity (Wildman–Crippen MR) is 194 cm³/mol. The monoisotopic (exact) mass is 652 g/mol. The van der Waals surface area contributed by atoms with Gasteiger partial charge < -0.3 is 9.66 Å². The highest BCUT2D eigenvalue weighted by molar-refractivity contribution is 7.95. The third kappa shape index (κ3) is 8.14. The molecule has 0 aromatic heterocycles. The molecule has 4 nitrogen and oxygen atoms in total. The Hall–Kier alpha value is -3.76. The van der Waals surface area contributed by atoms with E-state index in [1.54, 1.807) is 0 Å². The van der Waals surface area contributed by atoms with Gasteiger partial charge in [0.1, 0.15) is 39.0 Å². The standard InChI is InChI=1S/C26H24P.C14H22O4S/c1-22-17-19-23(20-18-22)21-27(24-11-5-2-6-12-24,25-13-7-3-8-14-25)26-15-9-4-10-16-26;1-13(2,3)10-7-9(19(16,17)18)8-11(12(10)15)14(4,5)6/h2-20H,21H2,1H3;7-8,15H,1-6H3,(H,16,17,18)/q+1;/p-1. The maximum atomic E-state index is 11.3. The summed E-state index contributed by atoms with van der Waals surface area (Å²) < 4.78 is 33.8. The van der Waals surface area contributed by atoms with Gasteiger partial charge in [0.2, 0.25) is 0 Å². The number of phenols is 1. The Morgan fingerprint density at radius 3 is 1.26 bits per heavy atom. The van der Waals surface area contributed by atoms with Gasteiger partial charge in [0.25, 0.3) is 0 Å². The van der Waals surface area contributed by atoms with Crippen molar-refractivity contribution in [2.45, 2.75) is 70.4 Å². The van der Waals surface area contributed by atoms with Gasteiger partial charge >= 0.3 is 0 Å². The smallest absolute Gasteiger partial charge is 0.124 e. The summed E-state index contributed by atoms with van der Waals surface area (Å²) >= 11 is 0. The van der Waals surface area contributed by atoms with Crippen molar-refractivity contribution >= 4 is 33.3 Å². The molecule has 0 spiro atoms. The van der Waals surface area contributed by atoms with Gasteiger partial charge in [-0.25, -0.2) is 8.42 Å². The van der Waals surface area contributed by atoms with Crippen LogP contribution in [0.15, 0.2) is 132 Å². The van der Waals surface area contributed by atoms with Crippen molar-refractivity contribution in [3.8, 4) is 5.75 Å². The number of hydrogen-bond donors (Lipinski definition) is 1. The first-order valence-corrected chi connectivity index (χ1v) is 18.9. The Labute approximate surface area is 276 Å². The first-order chi connectivity index (χ1) is 21.5. The van der Waals surface area contributed by atoms with E-state index in [1.807, 2.05) is 41.5 Å². The molecule has 46 heavy (non-hydrogen) atoms. The maximum absolute atomic E-state index is 11.3. The van der Waals surface area contributed by atoms with Gasteiger partial charge in [-0.1, -0.05) is 126 Å². The summed E-state index contributed by atoms with van der Waals surface area (Å²) in [6, 6.07) is 44.8. The average molecular weight is 653 g/mol. The minimum absolute atomic E-state index is 0.0624. The topological polar surface area (TPSA) is 77.4 Å². The molecule has 1 N–H and O–H groups in total. The van der Waals surface area contributed by atoms with Crippen LogP contribution in [0.2, 0.25) is 0 Å². The Kier molecular flexibility index (Phi) is 10.6. The average Bonchev–Trinajstić information content (AvgIpc) is 3.01. The van der Waals surface area contributed by atoms with Gasteiger partial charge in [0.05, 0.1) is 11.1 Å². The van der Waals surface area contributed by atoms with E-state index in [-0.39, 0.29) is 10.6 Å². The van der Waals surface area contributed by atoms with E-state index in [0.717, 1.165) is 6.16 Å². The molecule has 0 heterocycles. The minimum Gasteiger partial charge on any atom is -0.744 e. The number of aromatic hydroxyl groups is 1. The van der Waals surface area contributed by atoms with E-state index in [9.17, 15) is 18.1 Å². The fraction of sp³-hybridized carbons (Fsp3) is 0.250. The second-order valence-electron chi connectivity index (χ2n) is 13.8. The van der Waals surface area contributed by atoms with Crippen LogP contribution in [0.3, 0.4) is 0 Å². The van der Waals surface area contributed by atoms with Crippen molar-refractivity contribution in [2.75, 3.05) is 0 Å². The summed E-state index contributed by atoms with van der Waals surface area (Å²) in [6.45, 7) is 13.3. The molecule has 0 unspecified atom stereocenters. The van der Waals surface area contributed by atoms with Gasteiger partial charge in [-0.15, -0.1) is 0 Å². The van der Waals surface area contributed by atoms with Crippen LogP contribution >= 0.6 is 7.26 Å². The molecule has 5 aromatic carbocycles. The van der Waals surface area contributed by atoms with Crippen molar-refractivity contribution in [1.82, 2.24) is 0 Å². The molecule has 5 rings (SSSR count). The second kappa shape index (κ2) is 13.9. The van der Waals surface area contributed by atoms with E-state index in [4.69, 9.17) is 0 Å². The molecule has 0 fully saturated rings. The van der Waals surface area contributed by atoms with Crippen LogP contribution in [0.5, 0.6) is 5.75 Å². The highest BCUT2D eigenvalue weighted by atomic mass is 32.2. The van der Waals surface area contributed by atoms with E-state index in [1.165, 1.54) is 39.2 Å². The van der Waals surface area contributed by atoms with Gasteiger partial charge in [-0.05, 0) is 71.8 Å². The largest absolute Gasteiger partial charge is 0.744 e. The molecule has 0 aliphatic carbocycles. The highest BCUT2D eigenvalue weighted by Crippen LogP contribution is 2.58. The summed E-state index contributed by atoms with van der Waals surface area (Å²) in [7, 11) is -6.34. The van der Waals surface area contributed by atoms with Gasteiger partial charge in [0.15, 0.2) is 0 Å². The molecule has 240 valence electrons. The molecule has 0 radical (unpaired) electrons. The maximum Gasteiger partial charge on any atom is 0.124 e. The van der Waals surface area contributed by atoms with Crippen molar-refractivity contribution in [3.63, 3.8) is 0 Å².